The third-order valence-corrected chi connectivity index (χ3v) is 1.71. The molecule has 0 bridgehead atoms. The highest BCUT2D eigenvalue weighted by molar-refractivity contribution is 5.80. The van der Waals surface area contributed by atoms with Crippen LogP contribution in [-0.2, 0) is 4.79 Å². The summed E-state index contributed by atoms with van der Waals surface area (Å²) in [6, 6.07) is 0. The van der Waals surface area contributed by atoms with Crippen molar-refractivity contribution in [2.75, 3.05) is 13.6 Å². The maximum atomic E-state index is 10.2. The van der Waals surface area contributed by atoms with Gasteiger partial charge in [-0.15, -0.1) is 0 Å². The molecule has 0 aromatic rings. The zero-order valence-electron chi connectivity index (χ0n) is 6.00. The minimum absolute atomic E-state index is 0.844. The molecule has 3 nitrogen and oxygen atoms in total. The Morgan fingerprint density at radius 2 is 2.50 bits per heavy atom. The van der Waals surface area contributed by atoms with Gasteiger partial charge in [0.25, 0.3) is 0 Å². The van der Waals surface area contributed by atoms with Crippen molar-refractivity contribution in [2.24, 2.45) is 0 Å². The van der Waals surface area contributed by atoms with Crippen LogP contribution in [0.1, 0.15) is 12.8 Å². The second kappa shape index (κ2) is 2.73. The van der Waals surface area contributed by atoms with E-state index < -0.39 is 5.97 Å². The molecule has 0 aromatic heterocycles. The summed E-state index contributed by atoms with van der Waals surface area (Å²) in [4.78, 5) is 12.2. The molecule has 3 heteroatoms. The van der Waals surface area contributed by atoms with Gasteiger partial charge in [-0.1, -0.05) is 0 Å². The van der Waals surface area contributed by atoms with Crippen LogP contribution in [0.15, 0.2) is 11.8 Å². The molecule has 1 saturated heterocycles. The minimum atomic E-state index is -0.844. The van der Waals surface area contributed by atoms with Crippen LogP contribution in [0.25, 0.3) is 0 Å². The van der Waals surface area contributed by atoms with E-state index in [1.54, 1.807) is 0 Å². The number of aliphatic carboxylic acids is 1. The van der Waals surface area contributed by atoms with Crippen LogP contribution < -0.4 is 0 Å². The maximum absolute atomic E-state index is 10.2. The van der Waals surface area contributed by atoms with Gasteiger partial charge >= 0.3 is 5.97 Å². The zero-order valence-corrected chi connectivity index (χ0v) is 6.00. The predicted molar refractivity (Wildman–Crippen MR) is 37.6 cm³/mol. The first kappa shape index (κ1) is 7.12. The summed E-state index contributed by atoms with van der Waals surface area (Å²) in [5, 5.41) is 8.39. The Bertz CT molecular complexity index is 174. The van der Waals surface area contributed by atoms with Crippen molar-refractivity contribution in [3.8, 4) is 0 Å². The molecule has 1 aliphatic rings. The first-order chi connectivity index (χ1) is 4.70. The van der Waals surface area contributed by atoms with E-state index in [9.17, 15) is 4.79 Å². The van der Waals surface area contributed by atoms with Crippen molar-refractivity contribution in [2.45, 2.75) is 12.8 Å². The highest BCUT2D eigenvalue weighted by atomic mass is 16.4. The van der Waals surface area contributed by atoms with Gasteiger partial charge in [-0.05, 0) is 12.8 Å². The molecule has 0 saturated carbocycles. The molecule has 0 unspecified atom stereocenters. The van der Waals surface area contributed by atoms with E-state index in [1.165, 1.54) is 6.08 Å². The van der Waals surface area contributed by atoms with Crippen LogP contribution >= 0.6 is 0 Å². The van der Waals surface area contributed by atoms with Crippen LogP contribution in [0, 0.1) is 0 Å². The molecule has 1 N–H and O–H groups in total. The Hall–Kier alpha value is -0.990. The summed E-state index contributed by atoms with van der Waals surface area (Å²) in [7, 11) is 1.92. The first-order valence-electron chi connectivity index (χ1n) is 3.35. The fraction of sp³-hybridized carbons (Fsp3) is 0.571. The summed E-state index contributed by atoms with van der Waals surface area (Å²) < 4.78 is 0. The van der Waals surface area contributed by atoms with Gasteiger partial charge in [-0.25, -0.2) is 4.79 Å². The Labute approximate surface area is 59.9 Å². The highest BCUT2D eigenvalue weighted by Crippen LogP contribution is 2.17. The molecular formula is C7H11NO2. The number of rotatable bonds is 1. The molecule has 0 radical (unpaired) electrons. The molecule has 0 aromatic carbocycles. The van der Waals surface area contributed by atoms with Crippen molar-refractivity contribution in [1.82, 2.24) is 4.90 Å². The molecule has 1 aliphatic heterocycles. The fourth-order valence-electron chi connectivity index (χ4n) is 1.16. The second-order valence-electron chi connectivity index (χ2n) is 2.50. The molecule has 0 atom stereocenters. The first-order valence-corrected chi connectivity index (χ1v) is 3.35. The number of nitrogens with zero attached hydrogens (tertiary/aromatic N) is 1. The SMILES string of the molecule is CN1CCCC1=CC(=O)O. The molecule has 0 spiro atoms. The number of hydrogen-bond acceptors (Lipinski definition) is 2. The number of carboxylic acid groups (broad SMARTS) is 1. The van der Waals surface area contributed by atoms with Crippen molar-refractivity contribution >= 4 is 5.97 Å². The van der Waals surface area contributed by atoms with Crippen molar-refractivity contribution < 1.29 is 9.90 Å². The van der Waals surface area contributed by atoms with E-state index in [-0.39, 0.29) is 0 Å². The fourth-order valence-corrected chi connectivity index (χ4v) is 1.16. The second-order valence-corrected chi connectivity index (χ2v) is 2.50. The lowest BCUT2D eigenvalue weighted by Gasteiger charge is -2.10. The molecule has 0 amide bonds. The predicted octanol–water partition coefficient (Wildman–Crippen LogP) is 0.680. The van der Waals surface area contributed by atoms with Gasteiger partial charge in [0.2, 0.25) is 0 Å². The highest BCUT2D eigenvalue weighted by Gasteiger charge is 2.12. The van der Waals surface area contributed by atoms with Crippen molar-refractivity contribution in [3.05, 3.63) is 11.8 Å². The van der Waals surface area contributed by atoms with Crippen LogP contribution in [0.2, 0.25) is 0 Å². The van der Waals surface area contributed by atoms with Crippen LogP contribution in [0.5, 0.6) is 0 Å². The Morgan fingerprint density at radius 3 is 2.90 bits per heavy atom. The third-order valence-electron chi connectivity index (χ3n) is 1.71. The number of hydrogen-bond donors (Lipinski definition) is 1. The summed E-state index contributed by atoms with van der Waals surface area (Å²) in [6.07, 6.45) is 3.27. The quantitative estimate of drug-likeness (QED) is 0.546. The van der Waals surface area contributed by atoms with Gasteiger partial charge in [0.1, 0.15) is 0 Å². The van der Waals surface area contributed by atoms with Gasteiger partial charge in [-0.2, -0.15) is 0 Å². The van der Waals surface area contributed by atoms with Gasteiger partial charge in [0.15, 0.2) is 0 Å². The van der Waals surface area contributed by atoms with E-state index in [4.69, 9.17) is 5.11 Å². The normalized spacial score (nSPS) is 22.1. The monoisotopic (exact) mass is 141 g/mol. The Kier molecular flexibility index (Phi) is 1.94. The van der Waals surface area contributed by atoms with Gasteiger partial charge < -0.3 is 10.0 Å². The smallest absolute Gasteiger partial charge is 0.330 e. The summed E-state index contributed by atoms with van der Waals surface area (Å²) in [5.74, 6) is -0.844. The average molecular weight is 141 g/mol. The minimum Gasteiger partial charge on any atom is -0.478 e. The molecule has 1 rings (SSSR count). The third kappa shape index (κ3) is 1.50. The average Bonchev–Trinajstić information content (AvgIpc) is 2.15. The van der Waals surface area contributed by atoms with Gasteiger partial charge in [-0.3, -0.25) is 0 Å². The Morgan fingerprint density at radius 1 is 1.80 bits per heavy atom. The van der Waals surface area contributed by atoms with E-state index in [1.807, 2.05) is 11.9 Å². The number of carbonyl (C=O) groups is 1. The number of carboxylic acids is 1. The van der Waals surface area contributed by atoms with E-state index >= 15 is 0 Å². The van der Waals surface area contributed by atoms with Crippen molar-refractivity contribution in [1.29, 1.82) is 0 Å². The largest absolute Gasteiger partial charge is 0.478 e. The van der Waals surface area contributed by atoms with Crippen LogP contribution in [0.4, 0.5) is 0 Å². The van der Waals surface area contributed by atoms with E-state index in [0.29, 0.717) is 0 Å². The van der Waals surface area contributed by atoms with E-state index in [0.717, 1.165) is 25.1 Å². The molecule has 1 heterocycles. The van der Waals surface area contributed by atoms with E-state index in [2.05, 4.69) is 0 Å². The molecule has 10 heavy (non-hydrogen) atoms. The van der Waals surface area contributed by atoms with Crippen LogP contribution in [0.3, 0.4) is 0 Å². The van der Waals surface area contributed by atoms with Gasteiger partial charge in [0.05, 0.1) is 0 Å². The maximum Gasteiger partial charge on any atom is 0.330 e. The molecular weight excluding hydrogens is 130 g/mol. The van der Waals surface area contributed by atoms with Crippen molar-refractivity contribution in [3.63, 3.8) is 0 Å². The molecule has 1 fully saturated rings. The Balaban J connectivity index is 2.62. The summed E-state index contributed by atoms with van der Waals surface area (Å²) in [5.41, 5.74) is 0.938. The zero-order chi connectivity index (χ0) is 7.56. The number of allylic oxidation sites excluding steroid dienone is 1. The van der Waals surface area contributed by atoms with Crippen LogP contribution in [-0.4, -0.2) is 29.6 Å². The molecule has 0 aliphatic carbocycles. The topological polar surface area (TPSA) is 40.5 Å². The lowest BCUT2D eigenvalue weighted by molar-refractivity contribution is -0.131. The standard InChI is InChI=1S/C7H11NO2/c1-8-4-2-3-6(8)5-7(9)10/h5H,2-4H2,1H3,(H,9,10). The summed E-state index contributed by atoms with van der Waals surface area (Å²) in [6.45, 7) is 0.985. The summed E-state index contributed by atoms with van der Waals surface area (Å²) >= 11 is 0. The number of likely N-dealkylation sites (tertiary alicyclic amines) is 1. The lowest BCUT2D eigenvalue weighted by atomic mass is 10.3. The van der Waals surface area contributed by atoms with Gasteiger partial charge in [0, 0.05) is 25.4 Å². The molecule has 56 valence electrons. The lowest BCUT2D eigenvalue weighted by Crippen LogP contribution is -2.11.